The number of imidazole rings is 1. The Bertz CT molecular complexity index is 701. The lowest BCUT2D eigenvalue weighted by Gasteiger charge is -2.11. The highest BCUT2D eigenvalue weighted by Gasteiger charge is 2.20. The van der Waals surface area contributed by atoms with E-state index in [1.54, 1.807) is 7.05 Å². The SMILES string of the molecule is CN=C(NCCCOCC1CC1)NCc1cn2cc(Br)ccc2n1.I. The first-order valence-corrected chi connectivity index (χ1v) is 9.19. The fraction of sp³-hybridized carbons (Fsp3) is 0.529. The lowest BCUT2D eigenvalue weighted by atomic mass is 10.4. The Kier molecular flexibility index (Phi) is 8.44. The zero-order valence-electron chi connectivity index (χ0n) is 14.4. The average molecular weight is 522 g/mol. The number of hydrogen-bond donors (Lipinski definition) is 2. The number of fused-ring (bicyclic) bond motifs is 1. The van der Waals surface area contributed by atoms with E-state index in [1.807, 2.05) is 28.9 Å². The van der Waals surface area contributed by atoms with Crippen molar-refractivity contribution in [3.63, 3.8) is 0 Å². The molecule has 0 aliphatic heterocycles. The molecule has 138 valence electrons. The van der Waals surface area contributed by atoms with E-state index in [2.05, 4.69) is 36.5 Å². The van der Waals surface area contributed by atoms with E-state index < -0.39 is 0 Å². The van der Waals surface area contributed by atoms with Gasteiger partial charge in [0.2, 0.25) is 0 Å². The molecule has 8 heteroatoms. The Morgan fingerprint density at radius 3 is 2.96 bits per heavy atom. The van der Waals surface area contributed by atoms with Crippen LogP contribution in [0.15, 0.2) is 34.0 Å². The lowest BCUT2D eigenvalue weighted by Crippen LogP contribution is -2.37. The molecule has 0 spiro atoms. The van der Waals surface area contributed by atoms with Gasteiger partial charge < -0.3 is 19.8 Å². The standard InChI is InChI=1S/C17H24BrN5O.HI/c1-19-17(20-7-2-8-24-12-13-3-4-13)21-9-15-11-23-10-14(18)5-6-16(23)22-15;/h5-6,10-11,13H,2-4,7-9,12H2,1H3,(H2,19,20,21);1H. The number of aromatic nitrogens is 2. The molecule has 2 heterocycles. The van der Waals surface area contributed by atoms with E-state index in [1.165, 1.54) is 12.8 Å². The van der Waals surface area contributed by atoms with Gasteiger partial charge in [0, 0.05) is 43.7 Å². The normalized spacial score (nSPS) is 14.4. The average Bonchev–Trinajstić information content (AvgIpc) is 3.31. The number of nitrogens with zero attached hydrogens (tertiary/aromatic N) is 3. The molecule has 2 aromatic heterocycles. The number of aliphatic imine (C=N–C) groups is 1. The van der Waals surface area contributed by atoms with Crippen molar-refractivity contribution >= 4 is 51.5 Å². The van der Waals surface area contributed by atoms with Gasteiger partial charge in [0.15, 0.2) is 5.96 Å². The van der Waals surface area contributed by atoms with Gasteiger partial charge in [0.25, 0.3) is 0 Å². The molecule has 3 rings (SSSR count). The molecule has 0 saturated heterocycles. The first-order valence-electron chi connectivity index (χ1n) is 8.40. The minimum absolute atomic E-state index is 0. The fourth-order valence-electron chi connectivity index (χ4n) is 2.41. The Morgan fingerprint density at radius 2 is 2.20 bits per heavy atom. The predicted octanol–water partition coefficient (Wildman–Crippen LogP) is 3.20. The maximum Gasteiger partial charge on any atom is 0.191 e. The van der Waals surface area contributed by atoms with Crippen molar-refractivity contribution < 1.29 is 4.74 Å². The molecule has 1 aliphatic carbocycles. The lowest BCUT2D eigenvalue weighted by molar-refractivity contribution is 0.123. The molecule has 6 nitrogen and oxygen atoms in total. The summed E-state index contributed by atoms with van der Waals surface area (Å²) in [4.78, 5) is 8.82. The van der Waals surface area contributed by atoms with Gasteiger partial charge in [-0.25, -0.2) is 4.98 Å². The summed E-state index contributed by atoms with van der Waals surface area (Å²) in [6.07, 6.45) is 7.69. The second-order valence-corrected chi connectivity index (χ2v) is 6.99. The van der Waals surface area contributed by atoms with Gasteiger partial charge in [-0.15, -0.1) is 24.0 Å². The van der Waals surface area contributed by atoms with Gasteiger partial charge >= 0.3 is 0 Å². The van der Waals surface area contributed by atoms with Crippen molar-refractivity contribution in [1.82, 2.24) is 20.0 Å². The maximum absolute atomic E-state index is 5.63. The smallest absolute Gasteiger partial charge is 0.191 e. The molecule has 0 aromatic carbocycles. The first-order chi connectivity index (χ1) is 11.7. The summed E-state index contributed by atoms with van der Waals surface area (Å²) in [5.41, 5.74) is 1.91. The molecule has 2 N–H and O–H groups in total. The van der Waals surface area contributed by atoms with Crippen LogP contribution in [0.2, 0.25) is 0 Å². The van der Waals surface area contributed by atoms with Crippen LogP contribution in [0.4, 0.5) is 0 Å². The Hall–Kier alpha value is -0.870. The van der Waals surface area contributed by atoms with Crippen molar-refractivity contribution in [3.05, 3.63) is 34.7 Å². The highest BCUT2D eigenvalue weighted by molar-refractivity contribution is 14.0. The summed E-state index contributed by atoms with van der Waals surface area (Å²) < 4.78 is 8.67. The van der Waals surface area contributed by atoms with Crippen LogP contribution in [0.5, 0.6) is 0 Å². The molecular weight excluding hydrogens is 497 g/mol. The number of ether oxygens (including phenoxy) is 1. The van der Waals surface area contributed by atoms with E-state index in [4.69, 9.17) is 4.74 Å². The number of guanidine groups is 1. The fourth-order valence-corrected chi connectivity index (χ4v) is 2.77. The van der Waals surface area contributed by atoms with Crippen molar-refractivity contribution in [2.75, 3.05) is 26.8 Å². The first kappa shape index (κ1) is 20.4. The molecule has 0 amide bonds. The van der Waals surface area contributed by atoms with Gasteiger partial charge in [0.05, 0.1) is 12.2 Å². The number of halogens is 2. The molecule has 1 aliphatic rings. The number of hydrogen-bond acceptors (Lipinski definition) is 3. The zero-order valence-corrected chi connectivity index (χ0v) is 18.3. The minimum Gasteiger partial charge on any atom is -0.381 e. The topological polar surface area (TPSA) is 63.0 Å². The van der Waals surface area contributed by atoms with Crippen molar-refractivity contribution in [2.45, 2.75) is 25.8 Å². The molecule has 0 radical (unpaired) electrons. The second kappa shape index (κ2) is 10.3. The predicted molar refractivity (Wildman–Crippen MR) is 115 cm³/mol. The summed E-state index contributed by atoms with van der Waals surface area (Å²) in [6, 6.07) is 3.98. The van der Waals surface area contributed by atoms with Crippen LogP contribution >= 0.6 is 39.9 Å². The quantitative estimate of drug-likeness (QED) is 0.242. The van der Waals surface area contributed by atoms with Crippen LogP contribution in [0.25, 0.3) is 5.65 Å². The monoisotopic (exact) mass is 521 g/mol. The van der Waals surface area contributed by atoms with Gasteiger partial charge in [-0.1, -0.05) is 0 Å². The highest BCUT2D eigenvalue weighted by atomic mass is 127. The molecule has 25 heavy (non-hydrogen) atoms. The molecule has 0 unspecified atom stereocenters. The third-order valence-electron chi connectivity index (χ3n) is 3.93. The largest absolute Gasteiger partial charge is 0.381 e. The molecule has 1 fully saturated rings. The summed E-state index contributed by atoms with van der Waals surface area (Å²) >= 11 is 3.47. The Labute approximate surface area is 174 Å². The summed E-state index contributed by atoms with van der Waals surface area (Å²) in [7, 11) is 1.78. The van der Waals surface area contributed by atoms with Crippen LogP contribution in [0.1, 0.15) is 25.0 Å². The Balaban J connectivity index is 0.00000225. The highest BCUT2D eigenvalue weighted by Crippen LogP contribution is 2.28. The third-order valence-corrected chi connectivity index (χ3v) is 4.40. The van der Waals surface area contributed by atoms with E-state index in [0.29, 0.717) is 6.54 Å². The van der Waals surface area contributed by atoms with Gasteiger partial charge in [-0.05, 0) is 53.2 Å². The minimum atomic E-state index is 0. The van der Waals surface area contributed by atoms with Crippen LogP contribution in [-0.4, -0.2) is 42.2 Å². The van der Waals surface area contributed by atoms with Crippen LogP contribution in [-0.2, 0) is 11.3 Å². The van der Waals surface area contributed by atoms with Crippen LogP contribution in [0.3, 0.4) is 0 Å². The Morgan fingerprint density at radius 1 is 1.36 bits per heavy atom. The van der Waals surface area contributed by atoms with E-state index >= 15 is 0 Å². The van der Waals surface area contributed by atoms with E-state index in [-0.39, 0.29) is 24.0 Å². The van der Waals surface area contributed by atoms with Gasteiger partial charge in [0.1, 0.15) is 5.65 Å². The van der Waals surface area contributed by atoms with E-state index in [0.717, 1.165) is 53.9 Å². The van der Waals surface area contributed by atoms with Crippen molar-refractivity contribution in [3.8, 4) is 0 Å². The summed E-state index contributed by atoms with van der Waals surface area (Å²) in [5, 5.41) is 6.59. The maximum atomic E-state index is 5.63. The van der Waals surface area contributed by atoms with E-state index in [9.17, 15) is 0 Å². The van der Waals surface area contributed by atoms with Crippen LogP contribution in [0, 0.1) is 5.92 Å². The van der Waals surface area contributed by atoms with Crippen LogP contribution < -0.4 is 10.6 Å². The third kappa shape index (κ3) is 6.74. The molecule has 0 bridgehead atoms. The number of pyridine rings is 1. The zero-order chi connectivity index (χ0) is 16.8. The van der Waals surface area contributed by atoms with Crippen molar-refractivity contribution in [2.24, 2.45) is 10.9 Å². The van der Waals surface area contributed by atoms with Crippen molar-refractivity contribution in [1.29, 1.82) is 0 Å². The van der Waals surface area contributed by atoms with Gasteiger partial charge in [-0.2, -0.15) is 0 Å². The second-order valence-electron chi connectivity index (χ2n) is 6.07. The summed E-state index contributed by atoms with van der Waals surface area (Å²) in [5.74, 6) is 1.62. The molecule has 1 saturated carbocycles. The molecular formula is C17H25BrIN5O. The van der Waals surface area contributed by atoms with Gasteiger partial charge in [-0.3, -0.25) is 4.99 Å². The molecule has 2 aromatic rings. The number of nitrogens with one attached hydrogen (secondary N) is 2. The molecule has 0 atom stereocenters. The number of rotatable bonds is 8. The summed E-state index contributed by atoms with van der Waals surface area (Å²) in [6.45, 7) is 3.22.